The van der Waals surface area contributed by atoms with Crippen LogP contribution in [0.15, 0.2) is 42.5 Å². The van der Waals surface area contributed by atoms with Crippen LogP contribution in [0.25, 0.3) is 0 Å². The molecule has 252 valence electrons. The minimum Gasteiger partial charge on any atom is -1.00 e. The summed E-state index contributed by atoms with van der Waals surface area (Å²) in [6, 6.07) is 10.9. The van der Waals surface area contributed by atoms with E-state index < -0.39 is 5.97 Å². The van der Waals surface area contributed by atoms with E-state index in [4.69, 9.17) is 0 Å². The van der Waals surface area contributed by atoms with Gasteiger partial charge in [0.05, 0.1) is 20.6 Å². The molecular formula is C39H71ClNNaO2. The van der Waals surface area contributed by atoms with Gasteiger partial charge in [-0.1, -0.05) is 159 Å². The molecule has 0 atom stereocenters. The summed E-state index contributed by atoms with van der Waals surface area (Å²) in [6.45, 7) is 6.99. The second kappa shape index (κ2) is 37.1. The Bertz CT molecular complexity index is 726. The third kappa shape index (κ3) is 37.9. The van der Waals surface area contributed by atoms with Gasteiger partial charge in [0.2, 0.25) is 0 Å². The number of carbonyl (C=O) groups is 1. The van der Waals surface area contributed by atoms with Crippen LogP contribution >= 0.6 is 0 Å². The van der Waals surface area contributed by atoms with E-state index in [0.29, 0.717) is 0 Å². The Kier molecular flexibility index (Phi) is 40.6. The Balaban J connectivity index is -0.000000735. The molecule has 3 nitrogen and oxygen atoms in total. The van der Waals surface area contributed by atoms with Crippen LogP contribution in [-0.2, 0) is 11.3 Å². The Morgan fingerprint density at radius 3 is 1.43 bits per heavy atom. The molecular weight excluding hydrogens is 573 g/mol. The second-order valence-electron chi connectivity index (χ2n) is 13.2. The standard InChI is InChI=1S/C21H38N.C18H34O2.ClH.Na/c1-4-5-6-7-8-9-10-11-12-16-19-22(2,3)20-21-17-14-13-15-18-21;1-2-3-4-5-6-7-8-9-10-11-12-13-14-15-16-17-18(19)20;;/h13-15,17-18H,4-12,16,19-20H2,1-3H3;9-10H,2-8,11-17H2,1H3,(H,19,20);1H;/q+1;;;+1/p-2/b;10-9-;;. The number of quaternary nitrogens is 1. The molecule has 0 aliphatic rings. The van der Waals surface area contributed by atoms with Crippen molar-refractivity contribution in [1.29, 1.82) is 0 Å². The van der Waals surface area contributed by atoms with Crippen molar-refractivity contribution in [3.63, 3.8) is 0 Å². The van der Waals surface area contributed by atoms with E-state index in [1.54, 1.807) is 0 Å². The van der Waals surface area contributed by atoms with E-state index >= 15 is 0 Å². The van der Waals surface area contributed by atoms with Crippen molar-refractivity contribution in [3.05, 3.63) is 48.0 Å². The van der Waals surface area contributed by atoms with Crippen molar-refractivity contribution in [2.45, 2.75) is 174 Å². The van der Waals surface area contributed by atoms with E-state index in [1.807, 2.05) is 0 Å². The minimum atomic E-state index is -0.914. The SMILES string of the molecule is CCCCCCCC/C=C\CCCCCCCC(=O)[O-].CCCCCCCCCCCC[N+](C)(C)Cc1ccccc1.[Cl-].[Na+]. The number of halogens is 1. The zero-order valence-corrected chi connectivity index (χ0v) is 32.8. The Labute approximate surface area is 303 Å². The molecule has 1 rings (SSSR count). The maximum atomic E-state index is 10.2. The molecule has 0 amide bonds. The van der Waals surface area contributed by atoms with Crippen molar-refractivity contribution in [3.8, 4) is 0 Å². The van der Waals surface area contributed by atoms with E-state index in [1.165, 1.54) is 141 Å². The first kappa shape index (κ1) is 48.1. The van der Waals surface area contributed by atoms with Gasteiger partial charge < -0.3 is 26.8 Å². The van der Waals surface area contributed by atoms with Gasteiger partial charge in [0.1, 0.15) is 6.54 Å². The molecule has 0 heterocycles. The normalized spacial score (nSPS) is 11.0. The molecule has 44 heavy (non-hydrogen) atoms. The first-order chi connectivity index (χ1) is 20.4. The van der Waals surface area contributed by atoms with Crippen molar-refractivity contribution >= 4 is 5.97 Å². The number of carbonyl (C=O) groups excluding carboxylic acids is 1. The van der Waals surface area contributed by atoms with E-state index in [-0.39, 0.29) is 48.4 Å². The molecule has 0 saturated carbocycles. The number of rotatable bonds is 28. The fourth-order valence-corrected chi connectivity index (χ4v) is 5.52. The third-order valence-electron chi connectivity index (χ3n) is 8.21. The monoisotopic (exact) mass is 644 g/mol. The topological polar surface area (TPSA) is 40.1 Å². The second-order valence-corrected chi connectivity index (χ2v) is 13.2. The first-order valence-electron chi connectivity index (χ1n) is 18.1. The number of nitrogens with zero attached hydrogens (tertiary/aromatic N) is 1. The number of allylic oxidation sites excluding steroid dienone is 2. The van der Waals surface area contributed by atoms with E-state index in [2.05, 4.69) is 70.4 Å². The van der Waals surface area contributed by atoms with Crippen LogP contribution in [0, 0.1) is 0 Å². The summed E-state index contributed by atoms with van der Waals surface area (Å²) >= 11 is 0. The van der Waals surface area contributed by atoms with Crippen LogP contribution in [0.5, 0.6) is 0 Å². The van der Waals surface area contributed by atoms with Gasteiger partial charge in [0.15, 0.2) is 0 Å². The molecule has 0 bridgehead atoms. The van der Waals surface area contributed by atoms with Gasteiger partial charge in [0.25, 0.3) is 0 Å². The van der Waals surface area contributed by atoms with E-state index in [0.717, 1.165) is 30.3 Å². The van der Waals surface area contributed by atoms with Gasteiger partial charge in [0, 0.05) is 11.5 Å². The number of hydrogen-bond donors (Lipinski definition) is 0. The molecule has 0 aliphatic carbocycles. The number of aliphatic carboxylic acids is 1. The molecule has 0 aromatic heterocycles. The van der Waals surface area contributed by atoms with E-state index in [9.17, 15) is 9.90 Å². The maximum Gasteiger partial charge on any atom is 1.00 e. The Morgan fingerprint density at radius 1 is 0.614 bits per heavy atom. The van der Waals surface area contributed by atoms with Crippen LogP contribution in [0.2, 0.25) is 0 Å². The quantitative estimate of drug-likeness (QED) is 0.0560. The zero-order chi connectivity index (χ0) is 31.0. The number of hydrogen-bond acceptors (Lipinski definition) is 2. The molecule has 1 aromatic carbocycles. The molecule has 0 N–H and O–H groups in total. The van der Waals surface area contributed by atoms with Crippen LogP contribution in [0.1, 0.15) is 174 Å². The summed E-state index contributed by atoms with van der Waals surface area (Å²) in [6.07, 6.45) is 35.1. The van der Waals surface area contributed by atoms with Gasteiger partial charge in [-0.2, -0.15) is 0 Å². The van der Waals surface area contributed by atoms with Crippen LogP contribution in [-0.4, -0.2) is 31.1 Å². The summed E-state index contributed by atoms with van der Waals surface area (Å²) in [4.78, 5) is 10.2. The first-order valence-corrected chi connectivity index (χ1v) is 18.1. The smallest absolute Gasteiger partial charge is 1.00 e. The fourth-order valence-electron chi connectivity index (χ4n) is 5.52. The maximum absolute atomic E-state index is 10.2. The predicted octanol–water partition coefficient (Wildman–Crippen LogP) is 4.97. The molecule has 0 unspecified atom stereocenters. The molecule has 1 aromatic rings. The van der Waals surface area contributed by atoms with Gasteiger partial charge in [-0.15, -0.1) is 0 Å². The fraction of sp³-hybridized carbons (Fsp3) is 0.769. The van der Waals surface area contributed by atoms with Gasteiger partial charge in [-0.05, 0) is 51.4 Å². The summed E-state index contributed by atoms with van der Waals surface area (Å²) in [5, 5.41) is 10.2. The van der Waals surface area contributed by atoms with Crippen molar-refractivity contribution < 1.29 is 56.3 Å². The third-order valence-corrected chi connectivity index (χ3v) is 8.21. The average molecular weight is 644 g/mol. The molecule has 0 radical (unpaired) electrons. The summed E-state index contributed by atoms with van der Waals surface area (Å²) in [5.41, 5.74) is 1.46. The number of carboxylic acid groups (broad SMARTS) is 1. The van der Waals surface area contributed by atoms with Crippen molar-refractivity contribution in [2.24, 2.45) is 0 Å². The number of benzene rings is 1. The molecule has 0 aliphatic heterocycles. The molecule has 0 spiro atoms. The largest absolute Gasteiger partial charge is 1.00 e. The average Bonchev–Trinajstić information content (AvgIpc) is 2.96. The van der Waals surface area contributed by atoms with Gasteiger partial charge >= 0.3 is 29.6 Å². The van der Waals surface area contributed by atoms with Crippen molar-refractivity contribution in [2.75, 3.05) is 20.6 Å². The van der Waals surface area contributed by atoms with Gasteiger partial charge in [-0.25, -0.2) is 0 Å². The molecule has 0 saturated heterocycles. The Hall–Kier alpha value is -0.320. The zero-order valence-electron chi connectivity index (χ0n) is 30.1. The van der Waals surface area contributed by atoms with Gasteiger partial charge in [-0.3, -0.25) is 0 Å². The summed E-state index contributed by atoms with van der Waals surface area (Å²) in [7, 11) is 4.72. The molecule has 5 heteroatoms. The summed E-state index contributed by atoms with van der Waals surface area (Å²) in [5.74, 6) is -0.914. The number of unbranched alkanes of at least 4 members (excludes halogenated alkanes) is 20. The van der Waals surface area contributed by atoms with Crippen LogP contribution in [0.3, 0.4) is 0 Å². The number of carboxylic acids is 1. The van der Waals surface area contributed by atoms with Crippen LogP contribution in [0.4, 0.5) is 0 Å². The van der Waals surface area contributed by atoms with Crippen molar-refractivity contribution in [1.82, 2.24) is 0 Å². The van der Waals surface area contributed by atoms with Crippen LogP contribution < -0.4 is 47.1 Å². The molecule has 0 fully saturated rings. The predicted molar refractivity (Wildman–Crippen MR) is 183 cm³/mol. The summed E-state index contributed by atoms with van der Waals surface area (Å²) < 4.78 is 1.11. The Morgan fingerprint density at radius 2 is 1.00 bits per heavy atom. The minimum absolute atomic E-state index is 0.